The summed E-state index contributed by atoms with van der Waals surface area (Å²) in [5.74, 6) is -0.0879. The normalized spacial score (nSPS) is 20.4. The van der Waals surface area contributed by atoms with Crippen LogP contribution in [0.1, 0.15) is 65.4 Å². The Labute approximate surface area is 199 Å². The first-order valence-electron chi connectivity index (χ1n) is 11.8. The van der Waals surface area contributed by atoms with Crippen molar-refractivity contribution in [1.29, 1.82) is 0 Å². The summed E-state index contributed by atoms with van der Waals surface area (Å²) < 4.78 is 13.4. The molecule has 170 valence electrons. The van der Waals surface area contributed by atoms with Crippen LogP contribution in [-0.4, -0.2) is 18.2 Å². The number of halogens is 1. The van der Waals surface area contributed by atoms with Crippen molar-refractivity contribution in [2.75, 3.05) is 0 Å². The fourth-order valence-electron chi connectivity index (χ4n) is 4.71. The molecule has 1 aliphatic carbocycles. The smallest absolute Gasteiger partial charge is 0.308 e. The van der Waals surface area contributed by atoms with Crippen LogP contribution >= 0.6 is 15.9 Å². The van der Waals surface area contributed by atoms with E-state index in [1.165, 1.54) is 21.5 Å². The lowest BCUT2D eigenvalue weighted by Gasteiger charge is -2.36. The lowest BCUT2D eigenvalue weighted by Crippen LogP contribution is -2.34. The van der Waals surface area contributed by atoms with Gasteiger partial charge in [-0.1, -0.05) is 62.4 Å². The number of carbonyl (C=O) groups is 1. The lowest BCUT2D eigenvalue weighted by molar-refractivity contribution is -0.159. The van der Waals surface area contributed by atoms with Crippen molar-refractivity contribution in [2.24, 2.45) is 5.92 Å². The van der Waals surface area contributed by atoms with Crippen LogP contribution in [0.5, 0.6) is 0 Å². The first kappa shape index (κ1) is 23.3. The van der Waals surface area contributed by atoms with Crippen molar-refractivity contribution >= 4 is 43.4 Å². The standard InChI is InChI=1S/C28H33BrO3/c1-5-18(2)27(30)31-20-11-13-21(14-12-20)32-28(3,4)25-17-16-23-22-9-7-6-8-19(22)10-15-24(23)26(25)29/h6-10,15-18,20-21H,5,11-14H2,1-4H3. The van der Waals surface area contributed by atoms with Crippen molar-refractivity contribution in [3.8, 4) is 0 Å². The van der Waals surface area contributed by atoms with E-state index in [1.54, 1.807) is 0 Å². The fraction of sp³-hybridized carbons (Fsp3) is 0.464. The van der Waals surface area contributed by atoms with Crippen LogP contribution in [-0.2, 0) is 19.9 Å². The van der Waals surface area contributed by atoms with Gasteiger partial charge in [-0.3, -0.25) is 4.79 Å². The van der Waals surface area contributed by atoms with Crippen LogP contribution in [0.3, 0.4) is 0 Å². The molecule has 0 radical (unpaired) electrons. The van der Waals surface area contributed by atoms with Crippen LogP contribution in [0.25, 0.3) is 21.5 Å². The summed E-state index contributed by atoms with van der Waals surface area (Å²) >= 11 is 3.89. The van der Waals surface area contributed by atoms with E-state index in [-0.39, 0.29) is 24.1 Å². The van der Waals surface area contributed by atoms with Gasteiger partial charge < -0.3 is 9.47 Å². The molecule has 0 N–H and O–H groups in total. The summed E-state index contributed by atoms with van der Waals surface area (Å²) in [5, 5.41) is 4.97. The topological polar surface area (TPSA) is 35.5 Å². The van der Waals surface area contributed by atoms with E-state index >= 15 is 0 Å². The Hall–Kier alpha value is -1.91. The van der Waals surface area contributed by atoms with Gasteiger partial charge in [0.2, 0.25) is 0 Å². The van der Waals surface area contributed by atoms with Gasteiger partial charge >= 0.3 is 5.97 Å². The number of fused-ring (bicyclic) bond motifs is 3. The highest BCUT2D eigenvalue weighted by molar-refractivity contribution is 9.10. The van der Waals surface area contributed by atoms with Gasteiger partial charge in [-0.05, 0) is 89.0 Å². The highest BCUT2D eigenvalue weighted by atomic mass is 79.9. The molecule has 0 saturated heterocycles. The molecule has 0 bridgehead atoms. The molecule has 32 heavy (non-hydrogen) atoms. The molecule has 3 aromatic rings. The van der Waals surface area contributed by atoms with E-state index in [4.69, 9.17) is 9.47 Å². The van der Waals surface area contributed by atoms with Crippen LogP contribution in [0.4, 0.5) is 0 Å². The molecule has 4 heteroatoms. The van der Waals surface area contributed by atoms with Gasteiger partial charge in [-0.25, -0.2) is 0 Å². The molecule has 3 aromatic carbocycles. The lowest BCUT2D eigenvalue weighted by atomic mass is 9.91. The Morgan fingerprint density at radius 1 is 0.969 bits per heavy atom. The van der Waals surface area contributed by atoms with E-state index in [0.717, 1.165) is 42.1 Å². The molecule has 0 spiro atoms. The molecular weight excluding hydrogens is 464 g/mol. The SMILES string of the molecule is CCC(C)C(=O)OC1CCC(OC(C)(C)c2ccc3c(ccc4ccccc43)c2Br)CC1. The van der Waals surface area contributed by atoms with Crippen molar-refractivity contribution in [3.05, 3.63) is 58.6 Å². The van der Waals surface area contributed by atoms with Crippen LogP contribution in [0.2, 0.25) is 0 Å². The molecule has 0 aliphatic heterocycles. The third kappa shape index (κ3) is 4.72. The molecule has 1 fully saturated rings. The van der Waals surface area contributed by atoms with E-state index in [1.807, 2.05) is 13.8 Å². The summed E-state index contributed by atoms with van der Waals surface area (Å²) in [6.07, 6.45) is 4.58. The zero-order valence-electron chi connectivity index (χ0n) is 19.5. The Bertz CT molecular complexity index is 1110. The number of carbonyl (C=O) groups excluding carboxylic acids is 1. The van der Waals surface area contributed by atoms with E-state index in [9.17, 15) is 4.79 Å². The average Bonchev–Trinajstić information content (AvgIpc) is 2.79. The van der Waals surface area contributed by atoms with Gasteiger partial charge in [0.05, 0.1) is 17.6 Å². The number of hydrogen-bond donors (Lipinski definition) is 0. The van der Waals surface area contributed by atoms with E-state index in [2.05, 4.69) is 78.3 Å². The predicted octanol–water partition coefficient (Wildman–Crippen LogP) is 7.91. The largest absolute Gasteiger partial charge is 0.462 e. The van der Waals surface area contributed by atoms with E-state index < -0.39 is 5.60 Å². The number of benzene rings is 3. The Balaban J connectivity index is 1.47. The minimum atomic E-state index is -0.427. The second kappa shape index (κ2) is 9.52. The van der Waals surface area contributed by atoms with Crippen molar-refractivity contribution in [2.45, 2.75) is 77.6 Å². The molecule has 4 rings (SSSR count). The summed E-state index contributed by atoms with van der Waals surface area (Å²) in [6.45, 7) is 8.25. The third-order valence-electron chi connectivity index (χ3n) is 6.89. The number of ether oxygens (including phenoxy) is 2. The minimum Gasteiger partial charge on any atom is -0.462 e. The van der Waals surface area contributed by atoms with Crippen molar-refractivity contribution in [3.63, 3.8) is 0 Å². The summed E-state index contributed by atoms with van der Waals surface area (Å²) in [6, 6.07) is 17.3. The third-order valence-corrected chi connectivity index (χ3v) is 7.74. The van der Waals surface area contributed by atoms with Gasteiger partial charge in [-0.2, -0.15) is 0 Å². The van der Waals surface area contributed by atoms with Gasteiger partial charge in [0.1, 0.15) is 6.10 Å². The maximum absolute atomic E-state index is 12.1. The summed E-state index contributed by atoms with van der Waals surface area (Å²) in [7, 11) is 0. The Morgan fingerprint density at radius 3 is 2.34 bits per heavy atom. The number of rotatable bonds is 6. The van der Waals surface area contributed by atoms with Crippen molar-refractivity contribution < 1.29 is 14.3 Å². The highest BCUT2D eigenvalue weighted by Gasteiger charge is 2.32. The molecule has 0 aromatic heterocycles. The van der Waals surface area contributed by atoms with Crippen molar-refractivity contribution in [1.82, 2.24) is 0 Å². The maximum atomic E-state index is 12.1. The average molecular weight is 497 g/mol. The predicted molar refractivity (Wildman–Crippen MR) is 135 cm³/mol. The molecule has 0 heterocycles. The van der Waals surface area contributed by atoms with Crippen LogP contribution < -0.4 is 0 Å². The second-order valence-corrected chi connectivity index (χ2v) is 10.4. The maximum Gasteiger partial charge on any atom is 0.308 e. The van der Waals surface area contributed by atoms with Crippen LogP contribution in [0, 0.1) is 5.92 Å². The second-order valence-electron chi connectivity index (χ2n) is 9.58. The highest BCUT2D eigenvalue weighted by Crippen LogP contribution is 2.40. The molecule has 0 amide bonds. The minimum absolute atomic E-state index is 0.0229. The zero-order valence-corrected chi connectivity index (χ0v) is 21.1. The van der Waals surface area contributed by atoms with Crippen LogP contribution in [0.15, 0.2) is 53.0 Å². The Kier molecular flexibility index (Phi) is 6.92. The number of hydrogen-bond acceptors (Lipinski definition) is 3. The number of esters is 1. The molecule has 1 saturated carbocycles. The summed E-state index contributed by atoms with van der Waals surface area (Å²) in [5.41, 5.74) is 0.731. The molecule has 1 aliphatic rings. The van der Waals surface area contributed by atoms with Gasteiger partial charge in [0.15, 0.2) is 0 Å². The van der Waals surface area contributed by atoms with Gasteiger partial charge in [0.25, 0.3) is 0 Å². The zero-order chi connectivity index (χ0) is 22.9. The van der Waals surface area contributed by atoms with Gasteiger partial charge in [-0.15, -0.1) is 0 Å². The van der Waals surface area contributed by atoms with Gasteiger partial charge in [0, 0.05) is 4.47 Å². The first-order chi connectivity index (χ1) is 15.3. The first-order valence-corrected chi connectivity index (χ1v) is 12.6. The molecule has 1 atom stereocenters. The quantitative estimate of drug-likeness (QED) is 0.256. The Morgan fingerprint density at radius 2 is 1.62 bits per heavy atom. The molecule has 3 nitrogen and oxygen atoms in total. The van der Waals surface area contributed by atoms with E-state index in [0.29, 0.717) is 0 Å². The molecular formula is C28H33BrO3. The molecule has 1 unspecified atom stereocenters. The summed E-state index contributed by atoms with van der Waals surface area (Å²) in [4.78, 5) is 12.1. The monoisotopic (exact) mass is 496 g/mol. The fourth-order valence-corrected chi connectivity index (χ4v) is 5.67.